The van der Waals surface area contributed by atoms with Gasteiger partial charge in [0.1, 0.15) is 0 Å². The van der Waals surface area contributed by atoms with Crippen LogP contribution >= 0.6 is 11.6 Å². The number of hydrogen-bond acceptors (Lipinski definition) is 3. The van der Waals surface area contributed by atoms with Gasteiger partial charge in [0.25, 0.3) is 0 Å². The fourth-order valence-corrected chi connectivity index (χ4v) is 4.97. The summed E-state index contributed by atoms with van der Waals surface area (Å²) in [4.78, 5) is 10.8. The van der Waals surface area contributed by atoms with Crippen LogP contribution in [0.4, 0.5) is 0 Å². The van der Waals surface area contributed by atoms with Crippen LogP contribution in [0.25, 0.3) is 11.3 Å². The molecule has 5 heteroatoms. The first-order chi connectivity index (χ1) is 11.0. The minimum atomic E-state index is -2.53. The predicted molar refractivity (Wildman–Crippen MR) is 94.1 cm³/mol. The quantitative estimate of drug-likeness (QED) is 0.664. The van der Waals surface area contributed by atoms with Crippen LogP contribution in [0.1, 0.15) is 23.6 Å². The molecule has 2 aromatic rings. The van der Waals surface area contributed by atoms with Gasteiger partial charge in [-0.25, -0.2) is 0 Å². The number of rotatable bonds is 3. The zero-order valence-electron chi connectivity index (χ0n) is 13.1. The normalized spacial score (nSPS) is 17.0. The first kappa shape index (κ1) is 16.5. The Labute approximate surface area is 148 Å². The molecule has 3 rings (SSSR count). The zero-order chi connectivity index (χ0) is 16.4. The molecular weight excluding hydrogens is 414 g/mol. The molecule has 0 bridgehead atoms. The van der Waals surface area contributed by atoms with Gasteiger partial charge >= 0.3 is 149 Å². The second-order valence-corrected chi connectivity index (χ2v) is 11.0. The molecule has 0 aliphatic heterocycles. The molecule has 0 radical (unpaired) electrons. The third kappa shape index (κ3) is 3.78. The van der Waals surface area contributed by atoms with Crippen molar-refractivity contribution >= 4 is 31.3 Å². The van der Waals surface area contributed by atoms with E-state index in [0.29, 0.717) is 5.02 Å². The third-order valence-corrected chi connectivity index (χ3v) is 7.56. The fourth-order valence-electron chi connectivity index (χ4n) is 2.70. The molecule has 0 N–H and O–H groups in total. The molecule has 1 aliphatic carbocycles. The maximum absolute atomic E-state index is 11.7. The monoisotopic (exact) mass is 432 g/mol. The summed E-state index contributed by atoms with van der Waals surface area (Å²) in [7, 11) is 0. The van der Waals surface area contributed by atoms with Gasteiger partial charge in [0, 0.05) is 0 Å². The van der Waals surface area contributed by atoms with Gasteiger partial charge in [0.2, 0.25) is 0 Å². The van der Waals surface area contributed by atoms with E-state index in [0.717, 1.165) is 32.5 Å². The summed E-state index contributed by atoms with van der Waals surface area (Å²) >= 11 is 3.64. The van der Waals surface area contributed by atoms with Crippen LogP contribution in [-0.2, 0) is 3.08 Å². The fraction of sp³-hybridized carbons (Fsp3) is 0.222. The van der Waals surface area contributed by atoms with Gasteiger partial charge in [-0.2, -0.15) is 0 Å². The van der Waals surface area contributed by atoms with Crippen LogP contribution in [0, 0.1) is 6.92 Å². The van der Waals surface area contributed by atoms with Gasteiger partial charge in [-0.1, -0.05) is 0 Å². The second-order valence-electron chi connectivity index (χ2n) is 5.70. The number of allylic oxidation sites excluding steroid dienone is 4. The van der Waals surface area contributed by atoms with Crippen molar-refractivity contribution in [1.82, 2.24) is 9.97 Å². The average molecular weight is 432 g/mol. The van der Waals surface area contributed by atoms with Gasteiger partial charge in [-0.3, -0.25) is 0 Å². The van der Waals surface area contributed by atoms with Crippen molar-refractivity contribution in [3.8, 4) is 11.3 Å². The van der Waals surface area contributed by atoms with E-state index in [-0.39, 0.29) is 5.92 Å². The van der Waals surface area contributed by atoms with Crippen LogP contribution in [0.3, 0.4) is 0 Å². The summed E-state index contributed by atoms with van der Waals surface area (Å²) in [5.74, 6) is 0.198. The van der Waals surface area contributed by atoms with Crippen molar-refractivity contribution in [2.45, 2.75) is 24.2 Å². The van der Waals surface area contributed by atoms with E-state index in [1.165, 1.54) is 0 Å². The Bertz CT molecular complexity index is 812. The molecule has 23 heavy (non-hydrogen) atoms. The molecule has 2 aromatic heterocycles. The standard InChI is InChI=1S/C17H14ClN2.CH3.O.Sn/c1-12-7-8-14(10-19-12)17-16(9-15(18)11-20-17)13-5-3-2-4-6-13;;;/h3-5,7-11,13H,6H2,1H3;1H3;;. The first-order valence-corrected chi connectivity index (χ1v) is 13.3. The van der Waals surface area contributed by atoms with E-state index < -0.39 is 19.7 Å². The molecule has 0 aromatic carbocycles. The van der Waals surface area contributed by atoms with Crippen molar-refractivity contribution in [2.75, 3.05) is 0 Å². The number of nitrogens with zero attached hydrogens (tertiary/aromatic N) is 2. The van der Waals surface area contributed by atoms with E-state index >= 15 is 0 Å². The van der Waals surface area contributed by atoms with Crippen LogP contribution in [-0.4, -0.2) is 29.7 Å². The number of aryl methyl sites for hydroxylation is 1. The number of halogens is 1. The first-order valence-electron chi connectivity index (χ1n) is 7.52. The van der Waals surface area contributed by atoms with Crippen LogP contribution in [0.2, 0.25) is 9.96 Å². The van der Waals surface area contributed by atoms with Gasteiger partial charge in [0.15, 0.2) is 0 Å². The van der Waals surface area contributed by atoms with Crippen molar-refractivity contribution < 1.29 is 3.08 Å². The molecule has 2 heterocycles. The molecular formula is C18H17ClN2OSn. The van der Waals surface area contributed by atoms with Crippen molar-refractivity contribution in [1.29, 1.82) is 0 Å². The van der Waals surface area contributed by atoms with Crippen LogP contribution in [0.15, 0.2) is 52.4 Å². The zero-order valence-corrected chi connectivity index (χ0v) is 16.7. The molecule has 3 nitrogen and oxygen atoms in total. The van der Waals surface area contributed by atoms with Crippen LogP contribution in [0.5, 0.6) is 0 Å². The van der Waals surface area contributed by atoms with E-state index in [2.05, 4.69) is 22.1 Å². The van der Waals surface area contributed by atoms with Gasteiger partial charge in [0.05, 0.1) is 0 Å². The van der Waals surface area contributed by atoms with Gasteiger partial charge in [-0.15, -0.1) is 0 Å². The molecule has 0 saturated heterocycles. The summed E-state index contributed by atoms with van der Waals surface area (Å²) < 4.78 is 12.8. The molecule has 1 unspecified atom stereocenters. The topological polar surface area (TPSA) is 42.9 Å². The molecule has 1 aliphatic rings. The Balaban J connectivity index is 2.00. The SMILES string of the molecule is Cc1ccc(-c2ncc(Cl)cc2C2C=C[C]([Sn]([CH3])=[O])=CC2)cn1. The summed E-state index contributed by atoms with van der Waals surface area (Å²) in [6.07, 6.45) is 10.6. The summed E-state index contributed by atoms with van der Waals surface area (Å²) in [6, 6.07) is 5.99. The summed E-state index contributed by atoms with van der Waals surface area (Å²) in [5, 5.41) is 0.627. The Hall–Kier alpha value is -1.33. The Morgan fingerprint density at radius 3 is 2.70 bits per heavy atom. The van der Waals surface area contributed by atoms with Gasteiger partial charge in [-0.05, 0) is 0 Å². The van der Waals surface area contributed by atoms with Crippen molar-refractivity contribution in [2.24, 2.45) is 0 Å². The van der Waals surface area contributed by atoms with E-state index in [4.69, 9.17) is 11.6 Å². The minimum absolute atomic E-state index is 0.198. The Morgan fingerprint density at radius 1 is 1.26 bits per heavy atom. The van der Waals surface area contributed by atoms with Crippen molar-refractivity contribution in [3.63, 3.8) is 0 Å². The van der Waals surface area contributed by atoms with Crippen molar-refractivity contribution in [3.05, 3.63) is 68.7 Å². The number of hydrogen-bond donors (Lipinski definition) is 0. The molecule has 116 valence electrons. The van der Waals surface area contributed by atoms with E-state index in [1.54, 1.807) is 6.20 Å². The molecule has 1 atom stereocenters. The van der Waals surface area contributed by atoms with Crippen LogP contribution < -0.4 is 0 Å². The molecule has 0 fully saturated rings. The van der Waals surface area contributed by atoms with E-state index in [9.17, 15) is 3.08 Å². The van der Waals surface area contributed by atoms with Gasteiger partial charge < -0.3 is 0 Å². The average Bonchev–Trinajstić information content (AvgIpc) is 2.56. The molecule has 0 amide bonds. The Kier molecular flexibility index (Phi) is 5.07. The number of aromatic nitrogens is 2. The second kappa shape index (κ2) is 7.05. The maximum atomic E-state index is 11.7. The number of pyridine rings is 2. The third-order valence-electron chi connectivity index (χ3n) is 3.97. The molecule has 0 spiro atoms. The summed E-state index contributed by atoms with van der Waals surface area (Å²) in [5.41, 5.74) is 3.96. The summed E-state index contributed by atoms with van der Waals surface area (Å²) in [6.45, 7) is 1.96. The predicted octanol–water partition coefficient (Wildman–Crippen LogP) is 4.67. The van der Waals surface area contributed by atoms with E-state index in [1.807, 2.05) is 42.3 Å². The molecule has 0 saturated carbocycles. The Morgan fingerprint density at radius 2 is 2.09 bits per heavy atom.